The third-order valence-electron chi connectivity index (χ3n) is 2.79. The van der Waals surface area contributed by atoms with Gasteiger partial charge in [-0.15, -0.1) is 0 Å². The van der Waals surface area contributed by atoms with Crippen molar-refractivity contribution < 1.29 is 25.3 Å². The van der Waals surface area contributed by atoms with Crippen LogP contribution in [0.5, 0.6) is 0 Å². The number of nitrogens with one attached hydrogen (secondary N) is 1. The maximum Gasteiger partial charge on any atom is 0.255 e. The van der Waals surface area contributed by atoms with Crippen molar-refractivity contribution in [3.63, 3.8) is 0 Å². The topological polar surface area (TPSA) is 92.5 Å². The Morgan fingerprint density at radius 1 is 1.47 bits per heavy atom. The molecule has 1 aromatic carbocycles. The van der Waals surface area contributed by atoms with Crippen molar-refractivity contribution in [1.82, 2.24) is 10.2 Å². The van der Waals surface area contributed by atoms with E-state index in [1.54, 1.807) is 5.32 Å². The van der Waals surface area contributed by atoms with Crippen LogP contribution in [0, 0.1) is 0 Å². The maximum atomic E-state index is 12.8. The molecule has 1 fully saturated rings. The Morgan fingerprint density at radius 2 is 2.26 bits per heavy atom. The summed E-state index contributed by atoms with van der Waals surface area (Å²) in [5.41, 5.74) is 4.81. The quantitative estimate of drug-likeness (QED) is 0.554. The number of amides is 3. The number of nitrogens with zero attached hydrogens (tertiary/aromatic N) is 1. The zero-order chi connectivity index (χ0) is 20.7. The van der Waals surface area contributed by atoms with Crippen LogP contribution in [-0.4, -0.2) is 28.6 Å². The van der Waals surface area contributed by atoms with Gasteiger partial charge in [-0.3, -0.25) is 19.7 Å². The number of piperidine rings is 1. The van der Waals surface area contributed by atoms with Crippen molar-refractivity contribution in [3.8, 4) is 0 Å². The molecule has 0 saturated carbocycles. The first-order valence-corrected chi connectivity index (χ1v) is 5.27. The van der Waals surface area contributed by atoms with Crippen LogP contribution in [0.4, 0.5) is 5.69 Å². The summed E-state index contributed by atoms with van der Waals surface area (Å²) >= 11 is 0. The summed E-state index contributed by atoms with van der Waals surface area (Å²) in [6.07, 6.45) is -6.75. The van der Waals surface area contributed by atoms with Gasteiger partial charge in [-0.05, 0) is 18.5 Å². The molecule has 1 saturated heterocycles. The molecule has 0 spiro atoms. The van der Waals surface area contributed by atoms with Crippen LogP contribution in [0.25, 0.3) is 0 Å². The second kappa shape index (κ2) is 4.08. The van der Waals surface area contributed by atoms with Crippen LogP contribution in [0.15, 0.2) is 18.1 Å². The molecule has 0 bridgehead atoms. The van der Waals surface area contributed by atoms with Crippen molar-refractivity contribution in [3.05, 3.63) is 29.3 Å². The van der Waals surface area contributed by atoms with E-state index in [1.165, 1.54) is 0 Å². The van der Waals surface area contributed by atoms with Crippen LogP contribution >= 0.6 is 0 Å². The molecule has 2 heterocycles. The molecule has 0 aliphatic carbocycles. The standard InChI is InChI=1S/C13H13N3O3/c14-9-3-1-2-7-8(9)6-16(13(7)19)10-4-5-11(17)15-12(10)18/h1-3,10H,4-6,14H2,(H,15,17,18)/t10-/m1/s1/i1D,2D,3D,4D2,5D2,10D. The van der Waals surface area contributed by atoms with E-state index in [2.05, 4.69) is 0 Å². The molecule has 3 N–H and O–H groups in total. The van der Waals surface area contributed by atoms with Gasteiger partial charge in [-0.25, -0.2) is 0 Å². The second-order valence-electron chi connectivity index (χ2n) is 3.92. The fraction of sp³-hybridized carbons (Fsp3) is 0.308. The van der Waals surface area contributed by atoms with E-state index in [0.29, 0.717) is 4.90 Å². The van der Waals surface area contributed by atoms with Crippen LogP contribution in [0.2, 0.25) is 0 Å². The lowest BCUT2D eigenvalue weighted by molar-refractivity contribution is -0.136. The SMILES string of the molecule is [2H]c1c([2H])c(N)c2c(c1[2H])C(=O)N([C@@]1([2H])C(=O)NC(=O)C([2H])([2H])C1([2H])[2H])C2. The number of imide groups is 1. The van der Waals surface area contributed by atoms with Gasteiger partial charge in [0.05, 0.1) is 5.48 Å². The predicted octanol–water partition coefficient (Wildman–Crippen LogP) is 0.0298. The van der Waals surface area contributed by atoms with Gasteiger partial charge in [0.1, 0.15) is 6.02 Å². The Morgan fingerprint density at radius 3 is 3.05 bits per heavy atom. The number of nitrogen functional groups attached to an aromatic ring is 1. The number of hydrogen-bond acceptors (Lipinski definition) is 4. The Labute approximate surface area is 120 Å². The zero-order valence-corrected chi connectivity index (χ0v) is 9.46. The van der Waals surface area contributed by atoms with Crippen LogP contribution in [-0.2, 0) is 16.1 Å². The highest BCUT2D eigenvalue weighted by Gasteiger charge is 2.39. The van der Waals surface area contributed by atoms with Crippen molar-refractivity contribution >= 4 is 23.4 Å². The minimum Gasteiger partial charge on any atom is -0.398 e. The lowest BCUT2D eigenvalue weighted by atomic mass is 10.0. The summed E-state index contributed by atoms with van der Waals surface area (Å²) in [6.45, 7) is -0.654. The van der Waals surface area contributed by atoms with Crippen LogP contribution in [0.1, 0.15) is 39.6 Å². The summed E-state index contributed by atoms with van der Waals surface area (Å²) in [4.78, 5) is 37.2. The minimum absolute atomic E-state index is 0.126. The molecule has 6 heteroatoms. The summed E-state index contributed by atoms with van der Waals surface area (Å²) in [5.74, 6) is -4.31. The van der Waals surface area contributed by atoms with E-state index in [9.17, 15) is 14.4 Å². The Kier molecular flexibility index (Phi) is 1.23. The number of nitrogens with two attached hydrogens (primary N) is 1. The predicted molar refractivity (Wildman–Crippen MR) is 66.9 cm³/mol. The number of benzene rings is 1. The van der Waals surface area contributed by atoms with Gasteiger partial charge >= 0.3 is 0 Å². The number of hydrogen-bond donors (Lipinski definition) is 2. The maximum absolute atomic E-state index is 12.8. The highest BCUT2D eigenvalue weighted by atomic mass is 16.2. The third kappa shape index (κ3) is 1.76. The Bertz CT molecular complexity index is 934. The summed E-state index contributed by atoms with van der Waals surface area (Å²) < 4.78 is 62.9. The second-order valence-corrected chi connectivity index (χ2v) is 3.92. The fourth-order valence-electron chi connectivity index (χ4n) is 1.90. The number of carbonyl (C=O) groups is 3. The van der Waals surface area contributed by atoms with Gasteiger partial charge in [0.2, 0.25) is 11.8 Å². The first kappa shape index (κ1) is 5.73. The summed E-state index contributed by atoms with van der Waals surface area (Å²) in [7, 11) is 0. The average Bonchev–Trinajstić information content (AvgIpc) is 2.93. The first-order valence-electron chi connectivity index (χ1n) is 9.27. The Hall–Kier alpha value is -2.37. The zero-order valence-electron chi connectivity index (χ0n) is 17.5. The van der Waals surface area contributed by atoms with Gasteiger partial charge < -0.3 is 10.6 Å². The third-order valence-corrected chi connectivity index (χ3v) is 2.79. The fourth-order valence-corrected chi connectivity index (χ4v) is 1.90. The minimum atomic E-state index is -3.44. The molecular formula is C13H13N3O3. The van der Waals surface area contributed by atoms with Gasteiger partial charge in [0, 0.05) is 35.2 Å². The molecule has 0 radical (unpaired) electrons. The van der Waals surface area contributed by atoms with E-state index in [-0.39, 0.29) is 11.3 Å². The van der Waals surface area contributed by atoms with E-state index < -0.39 is 66.7 Å². The smallest absolute Gasteiger partial charge is 0.255 e. The molecule has 0 aromatic heterocycles. The molecule has 2 aliphatic rings. The average molecular weight is 267 g/mol. The van der Waals surface area contributed by atoms with E-state index >= 15 is 0 Å². The number of carbonyl (C=O) groups excluding carboxylic acids is 3. The highest BCUT2D eigenvalue weighted by molar-refractivity contribution is 6.06. The molecule has 6 nitrogen and oxygen atoms in total. The molecule has 3 amide bonds. The van der Waals surface area contributed by atoms with Gasteiger partial charge in [-0.2, -0.15) is 0 Å². The molecule has 98 valence electrons. The van der Waals surface area contributed by atoms with Crippen molar-refractivity contribution in [2.75, 3.05) is 5.73 Å². The lowest BCUT2D eigenvalue weighted by Gasteiger charge is -2.29. The normalized spacial score (nSPS) is 37.7. The summed E-state index contributed by atoms with van der Waals surface area (Å²) in [5, 5.41) is 1.57. The van der Waals surface area contributed by atoms with E-state index in [4.69, 9.17) is 16.7 Å². The van der Waals surface area contributed by atoms with Gasteiger partial charge in [-0.1, -0.05) is 6.04 Å². The van der Waals surface area contributed by atoms with Crippen LogP contribution in [0.3, 0.4) is 0 Å². The van der Waals surface area contributed by atoms with E-state index in [1.807, 2.05) is 0 Å². The molecule has 2 aliphatic heterocycles. The van der Waals surface area contributed by atoms with E-state index in [0.717, 1.165) is 0 Å². The van der Waals surface area contributed by atoms with Crippen molar-refractivity contribution in [2.24, 2.45) is 0 Å². The Balaban J connectivity index is 2.22. The highest BCUT2D eigenvalue weighted by Crippen LogP contribution is 2.30. The number of rotatable bonds is 1. The molecular weight excluding hydrogens is 246 g/mol. The number of fused-ring (bicyclic) bond motifs is 1. The van der Waals surface area contributed by atoms with Gasteiger partial charge in [0.15, 0.2) is 0 Å². The van der Waals surface area contributed by atoms with Crippen molar-refractivity contribution in [1.29, 1.82) is 0 Å². The number of anilines is 1. The molecule has 0 unspecified atom stereocenters. The van der Waals surface area contributed by atoms with Crippen molar-refractivity contribution in [2.45, 2.75) is 25.3 Å². The monoisotopic (exact) mass is 267 g/mol. The molecule has 3 rings (SSSR count). The molecule has 19 heavy (non-hydrogen) atoms. The lowest BCUT2D eigenvalue weighted by Crippen LogP contribution is -2.52. The van der Waals surface area contributed by atoms with Crippen LogP contribution < -0.4 is 11.1 Å². The molecule has 1 atom stereocenters. The first-order chi connectivity index (χ1) is 12.2. The summed E-state index contributed by atoms with van der Waals surface area (Å²) in [6, 6.07) is -5.05. The van der Waals surface area contributed by atoms with Gasteiger partial charge in [0.25, 0.3) is 5.91 Å². The molecule has 1 aromatic rings. The largest absolute Gasteiger partial charge is 0.398 e.